The minimum Gasteiger partial charge on any atom is -0.468 e. The predicted octanol–water partition coefficient (Wildman–Crippen LogP) is 2.43. The summed E-state index contributed by atoms with van der Waals surface area (Å²) >= 11 is 1.42. The van der Waals surface area contributed by atoms with E-state index in [1.165, 1.54) is 18.0 Å². The maximum Gasteiger partial charge on any atom is 0.254 e. The maximum absolute atomic E-state index is 11.9. The quantitative estimate of drug-likeness (QED) is 0.827. The first kappa shape index (κ1) is 11.4. The molecule has 5 heteroatoms. The molecule has 0 aliphatic carbocycles. The average molecular weight is 261 g/mol. The SMILES string of the molecule is O=C1Nc2ccccc2SC(c2ccco2)C1O. The van der Waals surface area contributed by atoms with E-state index in [1.54, 1.807) is 12.1 Å². The zero-order valence-electron chi connectivity index (χ0n) is 9.37. The fraction of sp³-hybridized carbons (Fsp3) is 0.154. The van der Waals surface area contributed by atoms with Crippen LogP contribution < -0.4 is 5.32 Å². The van der Waals surface area contributed by atoms with Gasteiger partial charge < -0.3 is 14.8 Å². The zero-order valence-corrected chi connectivity index (χ0v) is 10.2. The van der Waals surface area contributed by atoms with Gasteiger partial charge in [-0.2, -0.15) is 0 Å². The lowest BCUT2D eigenvalue weighted by Gasteiger charge is -2.15. The summed E-state index contributed by atoms with van der Waals surface area (Å²) in [6.07, 6.45) is 0.408. The van der Waals surface area contributed by atoms with Crippen LogP contribution in [0.2, 0.25) is 0 Å². The number of rotatable bonds is 1. The highest BCUT2D eigenvalue weighted by Gasteiger charge is 2.34. The summed E-state index contributed by atoms with van der Waals surface area (Å²) in [5.41, 5.74) is 0.723. The van der Waals surface area contributed by atoms with Crippen LogP contribution >= 0.6 is 11.8 Å². The monoisotopic (exact) mass is 261 g/mol. The molecule has 2 atom stereocenters. The number of carbonyl (C=O) groups is 1. The number of amides is 1. The van der Waals surface area contributed by atoms with E-state index in [1.807, 2.05) is 24.3 Å². The molecule has 1 aliphatic rings. The second-order valence-electron chi connectivity index (χ2n) is 3.98. The van der Waals surface area contributed by atoms with E-state index in [9.17, 15) is 9.90 Å². The van der Waals surface area contributed by atoms with Crippen molar-refractivity contribution < 1.29 is 14.3 Å². The molecule has 0 radical (unpaired) electrons. The molecule has 2 aromatic rings. The van der Waals surface area contributed by atoms with Crippen LogP contribution in [0, 0.1) is 0 Å². The number of hydrogen-bond donors (Lipinski definition) is 2. The Bertz CT molecular complexity index is 567. The third-order valence-electron chi connectivity index (χ3n) is 2.78. The molecule has 0 saturated carbocycles. The molecular formula is C13H11NO3S. The Morgan fingerprint density at radius 1 is 1.22 bits per heavy atom. The fourth-order valence-corrected chi connectivity index (χ4v) is 3.06. The summed E-state index contributed by atoms with van der Waals surface area (Å²) in [7, 11) is 0. The smallest absolute Gasteiger partial charge is 0.254 e. The highest BCUT2D eigenvalue weighted by Crippen LogP contribution is 2.43. The normalized spacial score (nSPS) is 23.1. The van der Waals surface area contributed by atoms with E-state index in [-0.39, 0.29) is 0 Å². The number of furan rings is 1. The van der Waals surface area contributed by atoms with Crippen LogP contribution in [-0.2, 0) is 4.79 Å². The number of carbonyl (C=O) groups excluding carboxylic acids is 1. The van der Waals surface area contributed by atoms with Crippen LogP contribution in [0.4, 0.5) is 5.69 Å². The molecular weight excluding hydrogens is 250 g/mol. The van der Waals surface area contributed by atoms with Crippen LogP contribution in [0.1, 0.15) is 11.0 Å². The first-order valence-corrected chi connectivity index (χ1v) is 6.42. The van der Waals surface area contributed by atoms with Crippen LogP contribution in [0.25, 0.3) is 0 Å². The minimum absolute atomic E-state index is 0.408. The number of para-hydroxylation sites is 1. The predicted molar refractivity (Wildman–Crippen MR) is 68.4 cm³/mol. The molecule has 0 bridgehead atoms. The minimum atomic E-state index is -1.13. The Kier molecular flexibility index (Phi) is 2.85. The molecule has 0 saturated heterocycles. The number of fused-ring (bicyclic) bond motifs is 1. The molecule has 1 aromatic heterocycles. The van der Waals surface area contributed by atoms with Crippen molar-refractivity contribution in [2.45, 2.75) is 16.2 Å². The van der Waals surface area contributed by atoms with Crippen molar-refractivity contribution in [2.75, 3.05) is 5.32 Å². The molecule has 4 nitrogen and oxygen atoms in total. The Morgan fingerprint density at radius 2 is 2.06 bits per heavy atom. The number of aliphatic hydroxyl groups excluding tert-OH is 1. The Balaban J connectivity index is 2.03. The molecule has 3 rings (SSSR count). The molecule has 1 amide bonds. The van der Waals surface area contributed by atoms with Crippen molar-refractivity contribution in [1.82, 2.24) is 0 Å². The number of thioether (sulfide) groups is 1. The van der Waals surface area contributed by atoms with Gasteiger partial charge in [-0.05, 0) is 24.3 Å². The van der Waals surface area contributed by atoms with Gasteiger partial charge in [0.25, 0.3) is 5.91 Å². The largest absolute Gasteiger partial charge is 0.468 e. The van der Waals surface area contributed by atoms with E-state index >= 15 is 0 Å². The van der Waals surface area contributed by atoms with Gasteiger partial charge in [-0.1, -0.05) is 12.1 Å². The summed E-state index contributed by atoms with van der Waals surface area (Å²) < 4.78 is 5.30. The number of benzene rings is 1. The van der Waals surface area contributed by atoms with Crippen molar-refractivity contribution in [1.29, 1.82) is 0 Å². The van der Waals surface area contributed by atoms with Crippen molar-refractivity contribution >= 4 is 23.4 Å². The molecule has 18 heavy (non-hydrogen) atoms. The number of hydrogen-bond acceptors (Lipinski definition) is 4. The van der Waals surface area contributed by atoms with Crippen LogP contribution in [-0.4, -0.2) is 17.1 Å². The number of aliphatic hydroxyl groups is 1. The first-order chi connectivity index (χ1) is 8.75. The summed E-state index contributed by atoms with van der Waals surface area (Å²) in [4.78, 5) is 12.8. The molecule has 2 N–H and O–H groups in total. The van der Waals surface area contributed by atoms with Crippen LogP contribution in [0.3, 0.4) is 0 Å². The van der Waals surface area contributed by atoms with Crippen LogP contribution in [0.15, 0.2) is 52.0 Å². The second-order valence-corrected chi connectivity index (χ2v) is 5.17. The molecule has 92 valence electrons. The van der Waals surface area contributed by atoms with Gasteiger partial charge in [0.2, 0.25) is 0 Å². The summed E-state index contributed by atoms with van der Waals surface area (Å²) in [5, 5.41) is 12.4. The van der Waals surface area contributed by atoms with Crippen LogP contribution in [0.5, 0.6) is 0 Å². The topological polar surface area (TPSA) is 62.5 Å². The Morgan fingerprint density at radius 3 is 2.83 bits per heavy atom. The third kappa shape index (κ3) is 1.91. The molecule has 1 aromatic carbocycles. The van der Waals surface area contributed by atoms with Gasteiger partial charge in [0, 0.05) is 4.90 Å². The fourth-order valence-electron chi connectivity index (χ4n) is 1.88. The maximum atomic E-state index is 11.9. The van der Waals surface area contributed by atoms with E-state index in [4.69, 9.17) is 4.42 Å². The highest BCUT2D eigenvalue weighted by molar-refractivity contribution is 7.99. The molecule has 2 heterocycles. The lowest BCUT2D eigenvalue weighted by atomic mass is 10.2. The number of nitrogens with one attached hydrogen (secondary N) is 1. The van der Waals surface area contributed by atoms with Gasteiger partial charge in [-0.25, -0.2) is 0 Å². The van der Waals surface area contributed by atoms with E-state index in [2.05, 4.69) is 5.32 Å². The summed E-state index contributed by atoms with van der Waals surface area (Å²) in [6, 6.07) is 11.0. The summed E-state index contributed by atoms with van der Waals surface area (Å²) in [5.74, 6) is 0.188. The van der Waals surface area contributed by atoms with Gasteiger partial charge in [0.15, 0.2) is 6.10 Å². The summed E-state index contributed by atoms with van der Waals surface area (Å²) in [6.45, 7) is 0. The molecule has 0 spiro atoms. The van der Waals surface area contributed by atoms with Crippen molar-refractivity contribution in [3.8, 4) is 0 Å². The second kappa shape index (κ2) is 4.51. The van der Waals surface area contributed by atoms with Gasteiger partial charge in [-0.3, -0.25) is 4.79 Å². The molecule has 2 unspecified atom stereocenters. The van der Waals surface area contributed by atoms with Crippen molar-refractivity contribution in [2.24, 2.45) is 0 Å². The standard InChI is InChI=1S/C13H11NO3S/c15-11-12(9-5-3-7-17-9)18-10-6-2-1-4-8(10)14-13(11)16/h1-7,11-12,15H,(H,14,16). The van der Waals surface area contributed by atoms with E-state index in [0.29, 0.717) is 5.76 Å². The number of anilines is 1. The highest BCUT2D eigenvalue weighted by atomic mass is 32.2. The Labute approximate surface area is 108 Å². The molecule has 1 aliphatic heterocycles. The van der Waals surface area contributed by atoms with E-state index in [0.717, 1.165) is 10.6 Å². The van der Waals surface area contributed by atoms with Gasteiger partial charge in [0.05, 0.1) is 12.0 Å². The third-order valence-corrected chi connectivity index (χ3v) is 4.13. The van der Waals surface area contributed by atoms with E-state index < -0.39 is 17.3 Å². The van der Waals surface area contributed by atoms with Gasteiger partial charge in [0.1, 0.15) is 11.0 Å². The van der Waals surface area contributed by atoms with Gasteiger partial charge in [-0.15, -0.1) is 11.8 Å². The first-order valence-electron chi connectivity index (χ1n) is 5.54. The Hall–Kier alpha value is -1.72. The van der Waals surface area contributed by atoms with Gasteiger partial charge >= 0.3 is 0 Å². The average Bonchev–Trinajstić information content (AvgIpc) is 2.86. The lowest BCUT2D eigenvalue weighted by molar-refractivity contribution is -0.124. The van der Waals surface area contributed by atoms with Crippen molar-refractivity contribution in [3.63, 3.8) is 0 Å². The zero-order chi connectivity index (χ0) is 12.5. The lowest BCUT2D eigenvalue weighted by Crippen LogP contribution is -2.30. The molecule has 0 fully saturated rings. The van der Waals surface area contributed by atoms with Crippen molar-refractivity contribution in [3.05, 3.63) is 48.4 Å².